The monoisotopic (exact) mass is 363 g/mol. The first-order valence-corrected chi connectivity index (χ1v) is 7.38. The third kappa shape index (κ3) is 3.69. The highest BCUT2D eigenvalue weighted by Crippen LogP contribution is 2.31. The minimum atomic E-state index is -2.99. The number of benzene rings is 2. The smallest absolute Gasteiger partial charge is 0.387 e. The van der Waals surface area contributed by atoms with E-state index in [1.54, 1.807) is 6.07 Å². The van der Waals surface area contributed by atoms with Gasteiger partial charge in [-0.05, 0) is 35.9 Å². The summed E-state index contributed by atoms with van der Waals surface area (Å²) in [6.45, 7) is -2.99. The van der Waals surface area contributed by atoms with E-state index < -0.39 is 18.4 Å². The highest BCUT2D eigenvalue weighted by molar-refractivity contribution is 6.12. The van der Waals surface area contributed by atoms with Crippen LogP contribution in [0, 0.1) is 5.82 Å². The highest BCUT2D eigenvalue weighted by Gasteiger charge is 2.26. The Morgan fingerprint density at radius 2 is 1.92 bits per heavy atom. The van der Waals surface area contributed by atoms with Crippen molar-refractivity contribution in [1.82, 2.24) is 0 Å². The van der Waals surface area contributed by atoms with Gasteiger partial charge in [0.15, 0.2) is 17.2 Å². The SMILES string of the molecule is COc1cc(/C=C2/N=C(c3ccccc3F)OC2=O)ccc1OC(F)F. The van der Waals surface area contributed by atoms with Crippen molar-refractivity contribution in [1.29, 1.82) is 0 Å². The molecule has 1 aliphatic heterocycles. The average Bonchev–Trinajstić information content (AvgIpc) is 2.96. The fourth-order valence-corrected chi connectivity index (χ4v) is 2.28. The van der Waals surface area contributed by atoms with Crippen molar-refractivity contribution in [2.45, 2.75) is 6.61 Å². The molecule has 2 aromatic rings. The molecule has 0 spiro atoms. The second kappa shape index (κ2) is 7.30. The Balaban J connectivity index is 1.92. The molecule has 8 heteroatoms. The van der Waals surface area contributed by atoms with Gasteiger partial charge in [-0.15, -0.1) is 0 Å². The van der Waals surface area contributed by atoms with Crippen LogP contribution >= 0.6 is 0 Å². The lowest BCUT2D eigenvalue weighted by Gasteiger charge is -2.10. The molecule has 134 valence electrons. The van der Waals surface area contributed by atoms with Gasteiger partial charge in [0, 0.05) is 0 Å². The van der Waals surface area contributed by atoms with E-state index >= 15 is 0 Å². The molecule has 2 aromatic carbocycles. The van der Waals surface area contributed by atoms with Gasteiger partial charge in [0.2, 0.25) is 5.90 Å². The van der Waals surface area contributed by atoms with Crippen molar-refractivity contribution in [2.24, 2.45) is 4.99 Å². The van der Waals surface area contributed by atoms with Crippen molar-refractivity contribution in [3.05, 3.63) is 65.1 Å². The Labute approximate surface area is 146 Å². The summed E-state index contributed by atoms with van der Waals surface area (Å²) in [5.74, 6) is -1.56. The van der Waals surface area contributed by atoms with Crippen LogP contribution in [0.2, 0.25) is 0 Å². The Hall–Kier alpha value is -3.29. The molecule has 0 radical (unpaired) electrons. The van der Waals surface area contributed by atoms with Crippen LogP contribution in [-0.4, -0.2) is 25.6 Å². The molecule has 0 N–H and O–H groups in total. The van der Waals surface area contributed by atoms with Gasteiger partial charge in [-0.2, -0.15) is 8.78 Å². The topological polar surface area (TPSA) is 57.1 Å². The summed E-state index contributed by atoms with van der Waals surface area (Å²) >= 11 is 0. The number of hydrogen-bond donors (Lipinski definition) is 0. The number of esters is 1. The molecular weight excluding hydrogens is 351 g/mol. The summed E-state index contributed by atoms with van der Waals surface area (Å²) in [6.07, 6.45) is 1.37. The molecule has 26 heavy (non-hydrogen) atoms. The number of carbonyl (C=O) groups is 1. The van der Waals surface area contributed by atoms with E-state index in [1.807, 2.05) is 0 Å². The number of carbonyl (C=O) groups excluding carboxylic acids is 1. The number of methoxy groups -OCH3 is 1. The van der Waals surface area contributed by atoms with Crippen LogP contribution in [0.15, 0.2) is 53.2 Å². The maximum atomic E-state index is 13.8. The number of aliphatic imine (C=N–C) groups is 1. The third-order valence-corrected chi connectivity index (χ3v) is 3.43. The summed E-state index contributed by atoms with van der Waals surface area (Å²) < 4.78 is 52.8. The van der Waals surface area contributed by atoms with Gasteiger partial charge in [-0.25, -0.2) is 14.2 Å². The van der Waals surface area contributed by atoms with Gasteiger partial charge in [-0.3, -0.25) is 0 Å². The van der Waals surface area contributed by atoms with Gasteiger partial charge >= 0.3 is 12.6 Å². The van der Waals surface area contributed by atoms with Crippen LogP contribution < -0.4 is 9.47 Å². The molecule has 0 bridgehead atoms. The molecule has 1 heterocycles. The zero-order valence-electron chi connectivity index (χ0n) is 13.4. The summed E-state index contributed by atoms with van der Waals surface area (Å²) in [5, 5.41) is 0. The molecular formula is C18H12F3NO4. The molecule has 5 nitrogen and oxygen atoms in total. The Morgan fingerprint density at radius 1 is 1.15 bits per heavy atom. The highest BCUT2D eigenvalue weighted by atomic mass is 19.3. The maximum absolute atomic E-state index is 13.8. The van der Waals surface area contributed by atoms with E-state index in [1.165, 1.54) is 49.6 Å². The van der Waals surface area contributed by atoms with E-state index in [9.17, 15) is 18.0 Å². The minimum Gasteiger partial charge on any atom is -0.493 e. The molecule has 3 rings (SSSR count). The largest absolute Gasteiger partial charge is 0.493 e. The molecule has 0 amide bonds. The summed E-state index contributed by atoms with van der Waals surface area (Å²) in [4.78, 5) is 16.0. The number of alkyl halides is 2. The van der Waals surface area contributed by atoms with E-state index in [2.05, 4.69) is 9.73 Å². The van der Waals surface area contributed by atoms with Crippen molar-refractivity contribution in [3.8, 4) is 11.5 Å². The number of rotatable bonds is 5. The molecule has 0 fully saturated rings. The third-order valence-electron chi connectivity index (χ3n) is 3.43. The Bertz CT molecular complexity index is 909. The molecule has 0 aliphatic carbocycles. The molecule has 0 saturated heterocycles. The van der Waals surface area contributed by atoms with E-state index in [4.69, 9.17) is 9.47 Å². The predicted molar refractivity (Wildman–Crippen MR) is 86.6 cm³/mol. The second-order valence-electron chi connectivity index (χ2n) is 5.10. The van der Waals surface area contributed by atoms with Gasteiger partial charge in [0.05, 0.1) is 12.7 Å². The molecule has 0 unspecified atom stereocenters. The molecule has 0 saturated carbocycles. The van der Waals surface area contributed by atoms with Crippen LogP contribution in [0.4, 0.5) is 13.2 Å². The summed E-state index contributed by atoms with van der Waals surface area (Å²) in [6, 6.07) is 9.86. The molecule has 1 aliphatic rings. The average molecular weight is 363 g/mol. The first kappa shape index (κ1) is 17.5. The number of ether oxygens (including phenoxy) is 3. The van der Waals surface area contributed by atoms with E-state index in [-0.39, 0.29) is 28.7 Å². The normalized spacial score (nSPS) is 15.2. The summed E-state index contributed by atoms with van der Waals surface area (Å²) in [7, 11) is 1.29. The number of nitrogens with zero attached hydrogens (tertiary/aromatic N) is 1. The second-order valence-corrected chi connectivity index (χ2v) is 5.10. The minimum absolute atomic E-state index is 0.0579. The quantitative estimate of drug-likeness (QED) is 0.599. The molecule has 0 atom stereocenters. The standard InChI is InChI=1S/C18H12F3NO4/c1-24-15-9-10(6-7-14(15)25-18(20)21)8-13-17(23)26-16(22-13)11-4-2-3-5-12(11)19/h2-9,18H,1H3/b13-8+. The number of hydrogen-bond acceptors (Lipinski definition) is 5. The first-order valence-electron chi connectivity index (χ1n) is 7.38. The lowest BCUT2D eigenvalue weighted by atomic mass is 10.1. The fourth-order valence-electron chi connectivity index (χ4n) is 2.28. The van der Waals surface area contributed by atoms with E-state index in [0.29, 0.717) is 5.56 Å². The number of cyclic esters (lactones) is 1. The Morgan fingerprint density at radius 3 is 2.62 bits per heavy atom. The number of halogens is 3. The Kier molecular flexibility index (Phi) is 4.92. The van der Waals surface area contributed by atoms with E-state index in [0.717, 1.165) is 0 Å². The lowest BCUT2D eigenvalue weighted by Crippen LogP contribution is -2.07. The zero-order valence-corrected chi connectivity index (χ0v) is 13.4. The van der Waals surface area contributed by atoms with Crippen molar-refractivity contribution in [2.75, 3.05) is 7.11 Å². The van der Waals surface area contributed by atoms with Gasteiger partial charge in [-0.1, -0.05) is 18.2 Å². The van der Waals surface area contributed by atoms with Crippen molar-refractivity contribution >= 4 is 17.9 Å². The molecule has 0 aromatic heterocycles. The van der Waals surface area contributed by atoms with Gasteiger partial charge in [0.1, 0.15) is 5.82 Å². The van der Waals surface area contributed by atoms with Crippen LogP contribution in [0.25, 0.3) is 6.08 Å². The van der Waals surface area contributed by atoms with Crippen LogP contribution in [0.5, 0.6) is 11.5 Å². The fraction of sp³-hybridized carbons (Fsp3) is 0.111. The van der Waals surface area contributed by atoms with Crippen molar-refractivity contribution < 1.29 is 32.2 Å². The van der Waals surface area contributed by atoms with Gasteiger partial charge in [0.25, 0.3) is 0 Å². The maximum Gasteiger partial charge on any atom is 0.387 e. The predicted octanol–water partition coefficient (Wildman–Crippen LogP) is 3.78. The van der Waals surface area contributed by atoms with Crippen LogP contribution in [0.3, 0.4) is 0 Å². The first-order chi connectivity index (χ1) is 12.5. The van der Waals surface area contributed by atoms with Gasteiger partial charge < -0.3 is 14.2 Å². The lowest BCUT2D eigenvalue weighted by molar-refractivity contribution is -0.129. The van der Waals surface area contributed by atoms with Crippen molar-refractivity contribution in [3.63, 3.8) is 0 Å². The zero-order chi connectivity index (χ0) is 18.7. The summed E-state index contributed by atoms with van der Waals surface area (Å²) in [5.41, 5.74) is 0.435. The van der Waals surface area contributed by atoms with Crippen LogP contribution in [0.1, 0.15) is 11.1 Å². The van der Waals surface area contributed by atoms with Crippen LogP contribution in [-0.2, 0) is 9.53 Å².